The molecule has 2 N–H and O–H groups in total. The molecule has 100 valence electrons. The van der Waals surface area contributed by atoms with Gasteiger partial charge in [0.15, 0.2) is 0 Å². The van der Waals surface area contributed by atoms with Gasteiger partial charge in [-0.05, 0) is 35.9 Å². The molecule has 5 heteroatoms. The van der Waals surface area contributed by atoms with E-state index in [4.69, 9.17) is 9.68 Å². The number of nitrogens with one attached hydrogen (secondary N) is 1. The fourth-order valence-electron chi connectivity index (χ4n) is 1.56. The van der Waals surface area contributed by atoms with Gasteiger partial charge < -0.3 is 14.8 Å². The van der Waals surface area contributed by atoms with Crippen LogP contribution in [-0.4, -0.2) is 11.0 Å². The first-order valence-corrected chi connectivity index (χ1v) is 5.90. The van der Waals surface area contributed by atoms with Crippen molar-refractivity contribution >= 4 is 12.0 Å². The number of benzene rings is 1. The molecule has 2 aromatic rings. The lowest BCUT2D eigenvalue weighted by atomic mass is 10.1. The van der Waals surface area contributed by atoms with E-state index in [9.17, 15) is 9.90 Å². The molecule has 0 aliphatic heterocycles. The Balaban J connectivity index is 2.05. The van der Waals surface area contributed by atoms with Gasteiger partial charge in [-0.2, -0.15) is 5.26 Å². The van der Waals surface area contributed by atoms with E-state index < -0.39 is 5.91 Å². The number of phenolic OH excluding ortho intramolecular Hbond substituents is 1. The molecule has 0 bridgehead atoms. The molecule has 1 amide bonds. The Labute approximate surface area is 115 Å². The molecule has 1 aromatic heterocycles. The number of aromatic hydroxyl groups is 1. The van der Waals surface area contributed by atoms with E-state index in [1.54, 1.807) is 24.3 Å². The van der Waals surface area contributed by atoms with Gasteiger partial charge in [-0.1, -0.05) is 12.1 Å². The number of carbonyl (C=O) groups is 1. The molecule has 0 saturated heterocycles. The number of phenols is 1. The maximum atomic E-state index is 11.8. The topological polar surface area (TPSA) is 86.3 Å². The summed E-state index contributed by atoms with van der Waals surface area (Å²) in [6, 6.07) is 11.5. The molecule has 0 saturated carbocycles. The Morgan fingerprint density at radius 3 is 2.70 bits per heavy atom. The standard InChI is InChI=1S/C15H12N2O3/c16-9-12(8-11-3-5-13(18)6-4-11)15(19)17-10-14-2-1-7-20-14/h1-8,18H,10H2,(H,17,19)/b12-8+. The zero-order chi connectivity index (χ0) is 14.4. The van der Waals surface area contributed by atoms with E-state index in [0.29, 0.717) is 11.3 Å². The molecule has 1 aromatic carbocycles. The van der Waals surface area contributed by atoms with Gasteiger partial charge in [0.25, 0.3) is 5.91 Å². The molecule has 2 rings (SSSR count). The number of nitrogens with zero attached hydrogens (tertiary/aromatic N) is 1. The lowest BCUT2D eigenvalue weighted by Crippen LogP contribution is -2.23. The second-order valence-electron chi connectivity index (χ2n) is 4.02. The summed E-state index contributed by atoms with van der Waals surface area (Å²) in [5.74, 6) is 0.264. The Hall–Kier alpha value is -3.00. The number of amides is 1. The van der Waals surface area contributed by atoms with Crippen LogP contribution < -0.4 is 5.32 Å². The van der Waals surface area contributed by atoms with Gasteiger partial charge in [0, 0.05) is 0 Å². The lowest BCUT2D eigenvalue weighted by Gasteiger charge is -2.02. The van der Waals surface area contributed by atoms with E-state index in [-0.39, 0.29) is 17.9 Å². The van der Waals surface area contributed by atoms with Gasteiger partial charge in [-0.15, -0.1) is 0 Å². The van der Waals surface area contributed by atoms with Gasteiger partial charge >= 0.3 is 0 Å². The van der Waals surface area contributed by atoms with Crippen molar-refractivity contribution in [1.82, 2.24) is 5.32 Å². The van der Waals surface area contributed by atoms with Crippen LogP contribution in [0, 0.1) is 11.3 Å². The van der Waals surface area contributed by atoms with Crippen LogP contribution in [0.2, 0.25) is 0 Å². The summed E-state index contributed by atoms with van der Waals surface area (Å²) in [5, 5.41) is 20.8. The van der Waals surface area contributed by atoms with Crippen molar-refractivity contribution < 1.29 is 14.3 Å². The Bertz CT molecular complexity index is 649. The summed E-state index contributed by atoms with van der Waals surface area (Å²) in [6.07, 6.45) is 2.97. The molecular weight excluding hydrogens is 256 g/mol. The molecule has 20 heavy (non-hydrogen) atoms. The maximum Gasteiger partial charge on any atom is 0.262 e. The van der Waals surface area contributed by atoms with Crippen molar-refractivity contribution in [2.45, 2.75) is 6.54 Å². The highest BCUT2D eigenvalue weighted by Gasteiger charge is 2.09. The average molecular weight is 268 g/mol. The normalized spacial score (nSPS) is 10.8. The summed E-state index contributed by atoms with van der Waals surface area (Å²) >= 11 is 0. The number of hydrogen-bond donors (Lipinski definition) is 2. The summed E-state index contributed by atoms with van der Waals surface area (Å²) in [6.45, 7) is 0.223. The van der Waals surface area contributed by atoms with Crippen molar-refractivity contribution in [1.29, 1.82) is 5.26 Å². The highest BCUT2D eigenvalue weighted by molar-refractivity contribution is 6.01. The lowest BCUT2D eigenvalue weighted by molar-refractivity contribution is -0.117. The molecule has 0 spiro atoms. The molecule has 0 aliphatic carbocycles. The number of carbonyl (C=O) groups excluding carboxylic acids is 1. The van der Waals surface area contributed by atoms with Crippen LogP contribution in [-0.2, 0) is 11.3 Å². The second-order valence-corrected chi connectivity index (χ2v) is 4.02. The van der Waals surface area contributed by atoms with Crippen LogP contribution in [0.5, 0.6) is 5.75 Å². The van der Waals surface area contributed by atoms with Crippen LogP contribution in [0.1, 0.15) is 11.3 Å². The van der Waals surface area contributed by atoms with Gasteiger partial charge in [0.05, 0.1) is 12.8 Å². The predicted octanol–water partition coefficient (Wildman–Crippen LogP) is 2.21. The van der Waals surface area contributed by atoms with E-state index in [2.05, 4.69) is 5.32 Å². The molecule has 0 atom stereocenters. The van der Waals surface area contributed by atoms with Crippen molar-refractivity contribution in [2.24, 2.45) is 0 Å². The average Bonchev–Trinajstić information content (AvgIpc) is 2.97. The highest BCUT2D eigenvalue weighted by atomic mass is 16.3. The quantitative estimate of drug-likeness (QED) is 0.657. The summed E-state index contributed by atoms with van der Waals surface area (Å²) < 4.78 is 5.08. The minimum atomic E-state index is -0.475. The summed E-state index contributed by atoms with van der Waals surface area (Å²) in [5.41, 5.74) is 0.648. The third-order valence-corrected chi connectivity index (χ3v) is 2.57. The minimum absolute atomic E-state index is 0.0118. The number of furan rings is 1. The second kappa shape index (κ2) is 6.25. The van der Waals surface area contributed by atoms with Gasteiger partial charge in [0.1, 0.15) is 23.2 Å². The number of hydrogen-bond acceptors (Lipinski definition) is 4. The van der Waals surface area contributed by atoms with Crippen LogP contribution in [0.15, 0.2) is 52.7 Å². The molecule has 0 unspecified atom stereocenters. The zero-order valence-corrected chi connectivity index (χ0v) is 10.5. The van der Waals surface area contributed by atoms with Gasteiger partial charge in [-0.25, -0.2) is 0 Å². The number of nitriles is 1. The van der Waals surface area contributed by atoms with Gasteiger partial charge in [0.2, 0.25) is 0 Å². The third kappa shape index (κ3) is 3.50. The number of rotatable bonds is 4. The molecule has 5 nitrogen and oxygen atoms in total. The molecular formula is C15H12N2O3. The summed E-state index contributed by atoms with van der Waals surface area (Å²) in [7, 11) is 0. The van der Waals surface area contributed by atoms with Crippen molar-refractivity contribution in [3.63, 3.8) is 0 Å². The van der Waals surface area contributed by atoms with Crippen LogP contribution in [0.4, 0.5) is 0 Å². The zero-order valence-electron chi connectivity index (χ0n) is 10.5. The van der Waals surface area contributed by atoms with E-state index in [0.717, 1.165) is 0 Å². The molecule has 0 aliphatic rings. The smallest absolute Gasteiger partial charge is 0.262 e. The van der Waals surface area contributed by atoms with Crippen molar-refractivity contribution in [3.8, 4) is 11.8 Å². The Morgan fingerprint density at radius 1 is 1.35 bits per heavy atom. The maximum absolute atomic E-state index is 11.8. The Kier molecular flexibility index (Phi) is 4.20. The Morgan fingerprint density at radius 2 is 2.10 bits per heavy atom. The SMILES string of the molecule is N#C/C(=C\c1ccc(O)cc1)C(=O)NCc1ccco1. The monoisotopic (exact) mass is 268 g/mol. The summed E-state index contributed by atoms with van der Waals surface area (Å²) in [4.78, 5) is 11.8. The first-order valence-electron chi connectivity index (χ1n) is 5.90. The van der Waals surface area contributed by atoms with E-state index in [1.165, 1.54) is 24.5 Å². The van der Waals surface area contributed by atoms with Crippen LogP contribution in [0.3, 0.4) is 0 Å². The van der Waals surface area contributed by atoms with Crippen molar-refractivity contribution in [3.05, 3.63) is 59.6 Å². The van der Waals surface area contributed by atoms with Crippen LogP contribution >= 0.6 is 0 Å². The van der Waals surface area contributed by atoms with E-state index in [1.807, 2.05) is 6.07 Å². The minimum Gasteiger partial charge on any atom is -0.508 e. The largest absolute Gasteiger partial charge is 0.508 e. The van der Waals surface area contributed by atoms with Crippen LogP contribution in [0.25, 0.3) is 6.08 Å². The molecule has 0 fully saturated rings. The van der Waals surface area contributed by atoms with Crippen molar-refractivity contribution in [2.75, 3.05) is 0 Å². The first kappa shape index (κ1) is 13.4. The third-order valence-electron chi connectivity index (χ3n) is 2.57. The van der Waals surface area contributed by atoms with E-state index >= 15 is 0 Å². The van der Waals surface area contributed by atoms with Gasteiger partial charge in [-0.3, -0.25) is 4.79 Å². The highest BCUT2D eigenvalue weighted by Crippen LogP contribution is 2.12. The predicted molar refractivity (Wildman–Crippen MR) is 72.3 cm³/mol. The fourth-order valence-corrected chi connectivity index (χ4v) is 1.56. The fraction of sp³-hybridized carbons (Fsp3) is 0.0667. The first-order chi connectivity index (χ1) is 9.69. The molecule has 0 radical (unpaired) electrons. The molecule has 1 heterocycles.